The molecular weight excluding hydrogens is 296 g/mol. The summed E-state index contributed by atoms with van der Waals surface area (Å²) in [6.07, 6.45) is 3.22. The van der Waals surface area contributed by atoms with Gasteiger partial charge in [0.2, 0.25) is 0 Å². The second kappa shape index (κ2) is 5.71. The molecule has 4 N–H and O–H groups in total. The predicted octanol–water partition coefficient (Wildman–Crippen LogP) is 2.06. The molecule has 98 valence electrons. The van der Waals surface area contributed by atoms with Crippen LogP contribution < -0.4 is 11.1 Å². The number of aliphatic hydroxyl groups is 1. The highest BCUT2D eigenvalue weighted by Gasteiger charge is 2.24. The zero-order valence-electron chi connectivity index (χ0n) is 10.0. The van der Waals surface area contributed by atoms with Gasteiger partial charge in [0.1, 0.15) is 0 Å². The molecular formula is C13H17BrN2O2. The van der Waals surface area contributed by atoms with Crippen molar-refractivity contribution in [3.05, 3.63) is 28.2 Å². The van der Waals surface area contributed by atoms with Crippen molar-refractivity contribution in [3.63, 3.8) is 0 Å². The number of nitrogen functional groups attached to an aromatic ring is 1. The molecule has 1 aromatic rings. The van der Waals surface area contributed by atoms with E-state index in [4.69, 9.17) is 5.73 Å². The first-order valence-corrected chi connectivity index (χ1v) is 6.90. The van der Waals surface area contributed by atoms with Crippen molar-refractivity contribution in [1.82, 2.24) is 5.32 Å². The third-order valence-electron chi connectivity index (χ3n) is 3.23. The van der Waals surface area contributed by atoms with Gasteiger partial charge < -0.3 is 16.2 Å². The molecule has 2 rings (SSSR count). The van der Waals surface area contributed by atoms with Gasteiger partial charge in [-0.25, -0.2) is 0 Å². The molecule has 0 heterocycles. The van der Waals surface area contributed by atoms with E-state index < -0.39 is 6.10 Å². The van der Waals surface area contributed by atoms with Crippen molar-refractivity contribution in [2.45, 2.75) is 37.8 Å². The number of aliphatic hydroxyl groups excluding tert-OH is 1. The van der Waals surface area contributed by atoms with E-state index in [1.165, 1.54) is 0 Å². The Morgan fingerprint density at radius 3 is 2.72 bits per heavy atom. The summed E-state index contributed by atoms with van der Waals surface area (Å²) in [5.41, 5.74) is 6.75. The molecule has 0 unspecified atom stereocenters. The van der Waals surface area contributed by atoms with E-state index >= 15 is 0 Å². The lowest BCUT2D eigenvalue weighted by Crippen LogP contribution is -2.45. The van der Waals surface area contributed by atoms with E-state index in [9.17, 15) is 9.90 Å². The van der Waals surface area contributed by atoms with Crippen molar-refractivity contribution in [1.29, 1.82) is 0 Å². The van der Waals surface area contributed by atoms with Crippen molar-refractivity contribution < 1.29 is 9.90 Å². The second-order valence-corrected chi connectivity index (χ2v) is 5.62. The van der Waals surface area contributed by atoms with Gasteiger partial charge >= 0.3 is 0 Å². The van der Waals surface area contributed by atoms with Gasteiger partial charge in [0.25, 0.3) is 5.91 Å². The van der Waals surface area contributed by atoms with E-state index in [0.717, 1.165) is 30.2 Å². The minimum atomic E-state index is -0.438. The van der Waals surface area contributed by atoms with Crippen LogP contribution in [0.1, 0.15) is 36.0 Å². The number of carbonyl (C=O) groups excluding carboxylic acids is 1. The molecule has 1 aromatic carbocycles. The third-order valence-corrected chi connectivity index (χ3v) is 3.69. The van der Waals surface area contributed by atoms with Crippen molar-refractivity contribution in [2.75, 3.05) is 5.73 Å². The van der Waals surface area contributed by atoms with Gasteiger partial charge in [-0.2, -0.15) is 0 Å². The lowest BCUT2D eigenvalue weighted by Gasteiger charge is -2.28. The highest BCUT2D eigenvalue weighted by molar-refractivity contribution is 9.10. The Hall–Kier alpha value is -1.07. The minimum absolute atomic E-state index is 0.147. The number of anilines is 1. The van der Waals surface area contributed by atoms with Gasteiger partial charge in [0.15, 0.2) is 0 Å². The molecule has 1 fully saturated rings. The number of benzene rings is 1. The molecule has 1 aliphatic carbocycles. The lowest BCUT2D eigenvalue weighted by molar-refractivity contribution is 0.0717. The van der Waals surface area contributed by atoms with E-state index in [2.05, 4.69) is 21.2 Å². The summed E-state index contributed by atoms with van der Waals surface area (Å²) in [6.45, 7) is 0. The molecule has 1 aliphatic rings. The quantitative estimate of drug-likeness (QED) is 0.732. The molecule has 1 saturated carbocycles. The topological polar surface area (TPSA) is 75.4 Å². The van der Waals surface area contributed by atoms with Crippen LogP contribution in [-0.2, 0) is 0 Å². The van der Waals surface area contributed by atoms with Crippen LogP contribution in [0, 0.1) is 0 Å². The van der Waals surface area contributed by atoms with Crippen molar-refractivity contribution in [2.24, 2.45) is 0 Å². The molecule has 0 aromatic heterocycles. The Morgan fingerprint density at radius 2 is 2.06 bits per heavy atom. The van der Waals surface area contributed by atoms with Gasteiger partial charge in [-0.1, -0.05) is 28.8 Å². The number of hydrogen-bond donors (Lipinski definition) is 3. The summed E-state index contributed by atoms with van der Waals surface area (Å²) in [5.74, 6) is -0.186. The fourth-order valence-electron chi connectivity index (χ4n) is 2.27. The first-order valence-electron chi connectivity index (χ1n) is 6.11. The van der Waals surface area contributed by atoms with Gasteiger partial charge in [-0.05, 0) is 31.0 Å². The van der Waals surface area contributed by atoms with Crippen LogP contribution in [0.15, 0.2) is 22.7 Å². The molecule has 2 atom stereocenters. The van der Waals surface area contributed by atoms with E-state index in [-0.39, 0.29) is 11.9 Å². The van der Waals surface area contributed by atoms with Crippen LogP contribution in [0.25, 0.3) is 0 Å². The summed E-state index contributed by atoms with van der Waals surface area (Å²) in [4.78, 5) is 12.1. The molecule has 5 heteroatoms. The highest BCUT2D eigenvalue weighted by Crippen LogP contribution is 2.20. The zero-order chi connectivity index (χ0) is 13.1. The molecule has 4 nitrogen and oxygen atoms in total. The number of nitrogens with one attached hydrogen (secondary N) is 1. The zero-order valence-corrected chi connectivity index (χ0v) is 11.6. The second-order valence-electron chi connectivity index (χ2n) is 4.70. The Bertz CT molecular complexity index is 430. The SMILES string of the molecule is Nc1cc(Br)cc(C(=O)N[C@H]2CCCC[C@@H]2O)c1. The summed E-state index contributed by atoms with van der Waals surface area (Å²) in [5, 5.41) is 12.7. The highest BCUT2D eigenvalue weighted by atomic mass is 79.9. The van der Waals surface area contributed by atoms with Crippen LogP contribution in [0.4, 0.5) is 5.69 Å². The monoisotopic (exact) mass is 312 g/mol. The first-order chi connectivity index (χ1) is 8.56. The number of halogens is 1. The van der Waals surface area contributed by atoms with E-state index in [1.807, 2.05) is 0 Å². The first kappa shape index (κ1) is 13.4. The molecule has 1 amide bonds. The van der Waals surface area contributed by atoms with Crippen molar-refractivity contribution in [3.8, 4) is 0 Å². The standard InChI is InChI=1S/C13H17BrN2O2/c14-9-5-8(6-10(15)7-9)13(18)16-11-3-1-2-4-12(11)17/h5-7,11-12,17H,1-4,15H2,(H,16,18)/t11-,12-/m0/s1. The lowest BCUT2D eigenvalue weighted by atomic mass is 9.92. The number of carbonyl (C=O) groups is 1. The number of amides is 1. The van der Waals surface area contributed by atoms with Gasteiger partial charge in [-0.3, -0.25) is 4.79 Å². The predicted molar refractivity (Wildman–Crippen MR) is 74.3 cm³/mol. The minimum Gasteiger partial charge on any atom is -0.399 e. The van der Waals surface area contributed by atoms with Crippen LogP contribution in [0.3, 0.4) is 0 Å². The fraction of sp³-hybridized carbons (Fsp3) is 0.462. The van der Waals surface area contributed by atoms with Gasteiger partial charge in [-0.15, -0.1) is 0 Å². The van der Waals surface area contributed by atoms with Crippen LogP contribution in [0.2, 0.25) is 0 Å². The molecule has 0 radical (unpaired) electrons. The van der Waals surface area contributed by atoms with Gasteiger partial charge in [0.05, 0.1) is 12.1 Å². The maximum Gasteiger partial charge on any atom is 0.251 e. The molecule has 18 heavy (non-hydrogen) atoms. The Kier molecular flexibility index (Phi) is 4.24. The summed E-state index contributed by atoms with van der Waals surface area (Å²) in [6, 6.07) is 4.95. The Labute approximate surface area is 115 Å². The summed E-state index contributed by atoms with van der Waals surface area (Å²) < 4.78 is 0.775. The van der Waals surface area contributed by atoms with Gasteiger partial charge in [0, 0.05) is 15.7 Å². The Morgan fingerprint density at radius 1 is 1.33 bits per heavy atom. The fourth-order valence-corrected chi connectivity index (χ4v) is 2.79. The van der Waals surface area contributed by atoms with E-state index in [0.29, 0.717) is 11.3 Å². The molecule has 0 spiro atoms. The molecule has 0 bridgehead atoms. The summed E-state index contributed by atoms with van der Waals surface area (Å²) in [7, 11) is 0. The number of nitrogens with two attached hydrogens (primary N) is 1. The summed E-state index contributed by atoms with van der Waals surface area (Å²) >= 11 is 3.31. The number of rotatable bonds is 2. The normalized spacial score (nSPS) is 23.7. The number of hydrogen-bond acceptors (Lipinski definition) is 3. The Balaban J connectivity index is 2.06. The van der Waals surface area contributed by atoms with Crippen LogP contribution in [-0.4, -0.2) is 23.2 Å². The third kappa shape index (κ3) is 3.23. The molecule has 0 aliphatic heterocycles. The smallest absolute Gasteiger partial charge is 0.251 e. The average Bonchev–Trinajstić information content (AvgIpc) is 2.31. The average molecular weight is 313 g/mol. The van der Waals surface area contributed by atoms with Crippen LogP contribution >= 0.6 is 15.9 Å². The largest absolute Gasteiger partial charge is 0.399 e. The maximum atomic E-state index is 12.1. The van der Waals surface area contributed by atoms with E-state index in [1.54, 1.807) is 18.2 Å². The maximum absolute atomic E-state index is 12.1. The molecule has 0 saturated heterocycles. The van der Waals surface area contributed by atoms with Crippen molar-refractivity contribution >= 4 is 27.5 Å². The van der Waals surface area contributed by atoms with Crippen LogP contribution in [0.5, 0.6) is 0 Å².